The number of carbonyl (C=O) groups excluding carboxylic acids is 1. The molecule has 1 aliphatic heterocycles. The molecule has 1 amide bonds. The van der Waals surface area contributed by atoms with E-state index >= 15 is 0 Å². The molecular formula is C24H24N6O3S2. The van der Waals surface area contributed by atoms with Crippen molar-refractivity contribution in [1.29, 1.82) is 0 Å². The number of hydrogen-bond acceptors (Lipinski definition) is 9. The first-order valence-electron chi connectivity index (χ1n) is 11.1. The number of amides is 1. The summed E-state index contributed by atoms with van der Waals surface area (Å²) in [6, 6.07) is 10.9. The Balaban J connectivity index is 1.20. The number of rotatable bonds is 7. The highest BCUT2D eigenvalue weighted by atomic mass is 32.1. The Kier molecular flexibility index (Phi) is 6.71. The van der Waals surface area contributed by atoms with Gasteiger partial charge in [-0.1, -0.05) is 11.3 Å². The molecule has 0 saturated carbocycles. The van der Waals surface area contributed by atoms with E-state index in [4.69, 9.17) is 4.74 Å². The molecule has 1 aliphatic rings. The quantitative estimate of drug-likeness (QED) is 0.394. The predicted molar refractivity (Wildman–Crippen MR) is 135 cm³/mol. The zero-order chi connectivity index (χ0) is 24.4. The minimum atomic E-state index is -0.183. The van der Waals surface area contributed by atoms with Gasteiger partial charge in [0.05, 0.1) is 16.6 Å². The minimum absolute atomic E-state index is 0.0188. The van der Waals surface area contributed by atoms with Crippen LogP contribution in [0.3, 0.4) is 0 Å². The molecule has 11 heteroatoms. The lowest BCUT2D eigenvalue weighted by molar-refractivity contribution is 0.0935. The number of aryl methyl sites for hydroxylation is 1. The number of benzene rings is 1. The van der Waals surface area contributed by atoms with Crippen molar-refractivity contribution < 1.29 is 9.53 Å². The van der Waals surface area contributed by atoms with Gasteiger partial charge in [0.1, 0.15) is 22.4 Å². The molecule has 0 unspecified atom stereocenters. The van der Waals surface area contributed by atoms with Gasteiger partial charge in [-0.3, -0.25) is 14.6 Å². The second-order valence-corrected chi connectivity index (χ2v) is 10.5. The molecule has 3 aromatic heterocycles. The van der Waals surface area contributed by atoms with Crippen molar-refractivity contribution in [1.82, 2.24) is 30.4 Å². The van der Waals surface area contributed by atoms with Gasteiger partial charge < -0.3 is 15.0 Å². The highest BCUT2D eigenvalue weighted by Crippen LogP contribution is 2.29. The average Bonchev–Trinajstić information content (AvgIpc) is 3.56. The van der Waals surface area contributed by atoms with Crippen LogP contribution in [0.25, 0.3) is 10.6 Å². The van der Waals surface area contributed by atoms with Crippen LogP contribution in [0, 0.1) is 6.92 Å². The van der Waals surface area contributed by atoms with Crippen LogP contribution in [0.5, 0.6) is 5.75 Å². The van der Waals surface area contributed by atoms with Gasteiger partial charge in [0.2, 0.25) is 0 Å². The first-order chi connectivity index (χ1) is 17.0. The number of ether oxygens (including phenoxy) is 1. The molecule has 4 aromatic rings. The molecule has 0 aliphatic carbocycles. The maximum Gasteiger partial charge on any atom is 0.322 e. The summed E-state index contributed by atoms with van der Waals surface area (Å²) in [5.41, 5.74) is 2.47. The van der Waals surface area contributed by atoms with Gasteiger partial charge in [0.15, 0.2) is 0 Å². The van der Waals surface area contributed by atoms with Crippen LogP contribution in [-0.2, 0) is 6.61 Å². The molecule has 2 N–H and O–H groups in total. The lowest BCUT2D eigenvalue weighted by Crippen LogP contribution is -2.39. The molecule has 0 radical (unpaired) electrons. The molecule has 0 bridgehead atoms. The number of hydrogen-bond donors (Lipinski definition) is 2. The predicted octanol–water partition coefficient (Wildman–Crippen LogP) is 3.06. The number of likely N-dealkylation sites (tertiary alicyclic amines) is 1. The van der Waals surface area contributed by atoms with Gasteiger partial charge in [-0.25, -0.2) is 10.1 Å². The van der Waals surface area contributed by atoms with Gasteiger partial charge in [-0.05, 0) is 50.4 Å². The Morgan fingerprint density at radius 3 is 2.77 bits per heavy atom. The molecular weight excluding hydrogens is 484 g/mol. The summed E-state index contributed by atoms with van der Waals surface area (Å²) in [6.07, 6.45) is 3.54. The molecule has 1 saturated heterocycles. The van der Waals surface area contributed by atoms with Crippen molar-refractivity contribution in [3.8, 4) is 16.3 Å². The van der Waals surface area contributed by atoms with E-state index < -0.39 is 0 Å². The van der Waals surface area contributed by atoms with Gasteiger partial charge >= 0.3 is 4.87 Å². The fourth-order valence-corrected chi connectivity index (χ4v) is 5.80. The topological polar surface area (TPSA) is 113 Å². The fourth-order valence-electron chi connectivity index (χ4n) is 4.07. The SMILES string of the molecule is Cc1nc(-c2cccnc2)sc1COc1ccc(C(=O)N[C@@H]2CN(C)C[C@@H]2c2n[nH]c(=O)s2)cc1. The smallest absolute Gasteiger partial charge is 0.322 e. The van der Waals surface area contributed by atoms with Gasteiger partial charge in [0.25, 0.3) is 5.91 Å². The van der Waals surface area contributed by atoms with Crippen LogP contribution in [0.4, 0.5) is 0 Å². The van der Waals surface area contributed by atoms with E-state index in [2.05, 4.69) is 30.4 Å². The van der Waals surface area contributed by atoms with E-state index in [1.165, 1.54) is 0 Å². The van der Waals surface area contributed by atoms with Crippen LogP contribution in [0.15, 0.2) is 53.6 Å². The van der Waals surface area contributed by atoms with Crippen molar-refractivity contribution in [3.05, 3.63) is 79.6 Å². The number of thiazole rings is 1. The molecule has 0 spiro atoms. The summed E-state index contributed by atoms with van der Waals surface area (Å²) in [6.45, 7) is 3.80. The number of nitrogens with zero attached hydrogens (tertiary/aromatic N) is 4. The lowest BCUT2D eigenvalue weighted by atomic mass is 10.0. The number of nitrogens with one attached hydrogen (secondary N) is 2. The third kappa shape index (κ3) is 5.31. The van der Waals surface area contributed by atoms with Crippen LogP contribution in [0.2, 0.25) is 0 Å². The van der Waals surface area contributed by atoms with Crippen molar-refractivity contribution in [3.63, 3.8) is 0 Å². The molecule has 1 fully saturated rings. The summed E-state index contributed by atoms with van der Waals surface area (Å²) < 4.78 is 5.96. The summed E-state index contributed by atoms with van der Waals surface area (Å²) in [5.74, 6) is 0.496. The Morgan fingerprint density at radius 2 is 2.06 bits per heavy atom. The van der Waals surface area contributed by atoms with Crippen molar-refractivity contribution in [2.24, 2.45) is 0 Å². The maximum absolute atomic E-state index is 12.9. The summed E-state index contributed by atoms with van der Waals surface area (Å²) in [4.78, 5) is 36.2. The molecule has 9 nitrogen and oxygen atoms in total. The van der Waals surface area contributed by atoms with Gasteiger partial charge in [-0.15, -0.1) is 11.3 Å². The standard InChI is InChI=1S/C24H24N6O3S2/c1-14-20(34-22(26-14)16-4-3-9-25-10-16)13-33-17-7-5-15(6-8-17)21(31)27-19-12-30(2)11-18(19)23-28-29-24(32)35-23/h3-10,18-19H,11-13H2,1-2H3,(H,27,31)(H,29,32)/t18-,19+/m0/s1. The molecule has 4 heterocycles. The minimum Gasteiger partial charge on any atom is -0.488 e. The number of aromatic amines is 1. The largest absolute Gasteiger partial charge is 0.488 e. The maximum atomic E-state index is 12.9. The highest BCUT2D eigenvalue weighted by molar-refractivity contribution is 7.15. The van der Waals surface area contributed by atoms with Crippen LogP contribution in [-0.4, -0.2) is 57.2 Å². The van der Waals surface area contributed by atoms with Crippen LogP contribution < -0.4 is 14.9 Å². The first kappa shape index (κ1) is 23.3. The zero-order valence-corrected chi connectivity index (χ0v) is 20.9. The third-order valence-electron chi connectivity index (χ3n) is 5.88. The zero-order valence-electron chi connectivity index (χ0n) is 19.2. The normalized spacial score (nSPS) is 18.0. The molecule has 2 atom stereocenters. The van der Waals surface area contributed by atoms with E-state index in [0.29, 0.717) is 24.5 Å². The highest BCUT2D eigenvalue weighted by Gasteiger charge is 2.35. The lowest BCUT2D eigenvalue weighted by Gasteiger charge is -2.18. The number of carbonyl (C=O) groups is 1. The number of pyridine rings is 1. The molecule has 5 rings (SSSR count). The number of likely N-dealkylation sites (N-methyl/N-ethyl adjacent to an activating group) is 1. The van der Waals surface area contributed by atoms with Crippen LogP contribution >= 0.6 is 22.7 Å². The van der Waals surface area contributed by atoms with Gasteiger partial charge in [-0.2, -0.15) is 5.10 Å². The van der Waals surface area contributed by atoms with E-state index in [9.17, 15) is 9.59 Å². The Bertz CT molecular complexity index is 1370. The summed E-state index contributed by atoms with van der Waals surface area (Å²) in [5, 5.41) is 11.3. The van der Waals surface area contributed by atoms with E-state index in [1.54, 1.807) is 48.0 Å². The van der Waals surface area contributed by atoms with Gasteiger partial charge in [0, 0.05) is 42.5 Å². The Labute approximate surface area is 209 Å². The van der Waals surface area contributed by atoms with Crippen molar-refractivity contribution >= 4 is 28.6 Å². The van der Waals surface area contributed by atoms with E-state index in [1.807, 2.05) is 26.1 Å². The molecule has 1 aromatic carbocycles. The van der Waals surface area contributed by atoms with E-state index in [0.717, 1.165) is 44.0 Å². The number of H-pyrrole nitrogens is 1. The second-order valence-electron chi connectivity index (χ2n) is 8.44. The Morgan fingerprint density at radius 1 is 1.23 bits per heavy atom. The average molecular weight is 509 g/mol. The fraction of sp³-hybridized carbons (Fsp3) is 0.292. The monoisotopic (exact) mass is 508 g/mol. The number of aromatic nitrogens is 4. The summed E-state index contributed by atoms with van der Waals surface area (Å²) >= 11 is 2.68. The molecule has 35 heavy (non-hydrogen) atoms. The second kappa shape index (κ2) is 10.1. The molecule has 180 valence electrons. The summed E-state index contributed by atoms with van der Waals surface area (Å²) in [7, 11) is 1.99. The van der Waals surface area contributed by atoms with Crippen molar-refractivity contribution in [2.45, 2.75) is 25.5 Å². The first-order valence-corrected chi connectivity index (χ1v) is 12.7. The van der Waals surface area contributed by atoms with Crippen molar-refractivity contribution in [2.75, 3.05) is 20.1 Å². The van der Waals surface area contributed by atoms with Crippen LogP contribution in [0.1, 0.15) is 31.9 Å². The third-order valence-corrected chi connectivity index (χ3v) is 7.94. The van der Waals surface area contributed by atoms with E-state index in [-0.39, 0.29) is 22.7 Å². The Hall–Kier alpha value is -3.41.